The van der Waals surface area contributed by atoms with Gasteiger partial charge in [0.15, 0.2) is 0 Å². The number of rotatable bonds is 1. The maximum atomic E-state index is 10.3. The number of carboxylic acids is 1. The second-order valence-electron chi connectivity index (χ2n) is 1.91. The predicted octanol–water partition coefficient (Wildman–Crippen LogP) is 1.36. The first kappa shape index (κ1) is 8.37. The molecule has 0 bridgehead atoms. The summed E-state index contributed by atoms with van der Waals surface area (Å²) in [5.74, 6) is -1.30. The number of carbonyl (C=O) groups is 1. The minimum absolute atomic E-state index is 0.0453. The summed E-state index contributed by atoms with van der Waals surface area (Å²) < 4.78 is 0. The monoisotopic (exact) mass is 189 g/mol. The number of benzene rings is 1. The van der Waals surface area contributed by atoms with E-state index in [2.05, 4.69) is 0 Å². The quantitative estimate of drug-likeness (QED) is 0.670. The molecular weight excluding hydrogens is 187 g/mol. The lowest BCUT2D eigenvalue weighted by atomic mass is 10.2. The first-order valence-electron chi connectivity index (χ1n) is 2.77. The third-order valence-electron chi connectivity index (χ3n) is 1.15. The van der Waals surface area contributed by atoms with Crippen LogP contribution in [0.1, 0.15) is 10.4 Å². The summed E-state index contributed by atoms with van der Waals surface area (Å²) in [4.78, 5) is 10.3. The summed E-state index contributed by atoms with van der Waals surface area (Å²) in [6.07, 6.45) is 0. The second-order valence-corrected chi connectivity index (χ2v) is 2.76. The van der Waals surface area contributed by atoms with Crippen molar-refractivity contribution >= 4 is 29.2 Å². The van der Waals surface area contributed by atoms with Crippen molar-refractivity contribution in [3.63, 3.8) is 0 Å². The van der Waals surface area contributed by atoms with Crippen LogP contribution in [0, 0.1) is 0 Å². The van der Waals surface area contributed by atoms with Gasteiger partial charge in [0.25, 0.3) is 0 Å². The molecule has 0 unspecified atom stereocenters. The van der Waals surface area contributed by atoms with Gasteiger partial charge in [-0.1, -0.05) is 29.3 Å². The van der Waals surface area contributed by atoms with Crippen molar-refractivity contribution in [3.8, 4) is 0 Å². The normalized spacial score (nSPS) is 9.64. The molecule has 1 aromatic carbocycles. The van der Waals surface area contributed by atoms with Crippen LogP contribution in [0.15, 0.2) is 18.2 Å². The first-order valence-corrected chi connectivity index (χ1v) is 3.53. The summed E-state index contributed by atoms with van der Waals surface area (Å²) >= 11 is 11.0. The summed E-state index contributed by atoms with van der Waals surface area (Å²) in [6.45, 7) is 0. The molecule has 11 heavy (non-hydrogen) atoms. The standard InChI is InChI=1S/C7H4Cl2O2/c8-4-1-2-5(7(10)11)6(9)3-4/h1-3H,(H,10,11)/p-1. The Kier molecular flexibility index (Phi) is 2.37. The zero-order chi connectivity index (χ0) is 8.43. The van der Waals surface area contributed by atoms with E-state index in [1.54, 1.807) is 0 Å². The molecule has 1 aromatic rings. The minimum Gasteiger partial charge on any atom is -0.545 e. The van der Waals surface area contributed by atoms with E-state index < -0.39 is 5.97 Å². The summed E-state index contributed by atoms with van der Waals surface area (Å²) in [6, 6.07) is 4.10. The topological polar surface area (TPSA) is 40.1 Å². The van der Waals surface area contributed by atoms with E-state index in [9.17, 15) is 9.90 Å². The van der Waals surface area contributed by atoms with Gasteiger partial charge in [0, 0.05) is 10.6 Å². The van der Waals surface area contributed by atoms with Crippen molar-refractivity contribution in [3.05, 3.63) is 33.8 Å². The minimum atomic E-state index is -1.30. The third kappa shape index (κ3) is 1.85. The van der Waals surface area contributed by atoms with E-state index in [1.807, 2.05) is 0 Å². The Bertz CT molecular complexity index is 296. The largest absolute Gasteiger partial charge is 0.545 e. The number of halogens is 2. The smallest absolute Gasteiger partial charge is 0.0730 e. The molecule has 0 radical (unpaired) electrons. The molecule has 0 heterocycles. The van der Waals surface area contributed by atoms with Gasteiger partial charge in [0.1, 0.15) is 0 Å². The van der Waals surface area contributed by atoms with Crippen LogP contribution in [0.2, 0.25) is 10.0 Å². The van der Waals surface area contributed by atoms with E-state index in [4.69, 9.17) is 23.2 Å². The predicted molar refractivity (Wildman–Crippen MR) is 40.8 cm³/mol. The van der Waals surface area contributed by atoms with Gasteiger partial charge in [-0.2, -0.15) is 0 Å². The molecular formula is C7H3Cl2O2-. The molecule has 0 fully saturated rings. The lowest BCUT2D eigenvalue weighted by Crippen LogP contribution is -2.22. The highest BCUT2D eigenvalue weighted by Crippen LogP contribution is 2.19. The van der Waals surface area contributed by atoms with Crippen molar-refractivity contribution in [1.82, 2.24) is 0 Å². The van der Waals surface area contributed by atoms with Gasteiger partial charge in [0.2, 0.25) is 0 Å². The van der Waals surface area contributed by atoms with E-state index in [0.29, 0.717) is 5.02 Å². The van der Waals surface area contributed by atoms with E-state index in [-0.39, 0.29) is 10.6 Å². The fourth-order valence-corrected chi connectivity index (χ4v) is 1.14. The van der Waals surface area contributed by atoms with Crippen LogP contribution in [-0.4, -0.2) is 5.97 Å². The average Bonchev–Trinajstić information content (AvgIpc) is 1.85. The molecule has 58 valence electrons. The van der Waals surface area contributed by atoms with Gasteiger partial charge in [-0.05, 0) is 12.1 Å². The van der Waals surface area contributed by atoms with E-state index in [0.717, 1.165) is 0 Å². The molecule has 0 aromatic heterocycles. The molecule has 0 saturated heterocycles. The molecule has 0 atom stereocenters. The number of hydrogen-bond donors (Lipinski definition) is 0. The highest BCUT2D eigenvalue weighted by atomic mass is 35.5. The summed E-state index contributed by atoms with van der Waals surface area (Å²) in [5.41, 5.74) is -0.0453. The van der Waals surface area contributed by atoms with Crippen LogP contribution in [0.5, 0.6) is 0 Å². The Hall–Kier alpha value is -0.730. The third-order valence-corrected chi connectivity index (χ3v) is 1.70. The van der Waals surface area contributed by atoms with Crippen molar-refractivity contribution in [1.29, 1.82) is 0 Å². The zero-order valence-electron chi connectivity index (χ0n) is 5.30. The van der Waals surface area contributed by atoms with Crippen LogP contribution < -0.4 is 5.11 Å². The molecule has 0 aliphatic carbocycles. The molecule has 0 N–H and O–H groups in total. The maximum Gasteiger partial charge on any atom is 0.0730 e. The molecule has 0 aliphatic heterocycles. The first-order chi connectivity index (χ1) is 5.11. The Morgan fingerprint density at radius 3 is 2.45 bits per heavy atom. The van der Waals surface area contributed by atoms with Gasteiger partial charge >= 0.3 is 0 Å². The second kappa shape index (κ2) is 3.11. The van der Waals surface area contributed by atoms with Gasteiger partial charge in [-0.15, -0.1) is 0 Å². The fourth-order valence-electron chi connectivity index (χ4n) is 0.655. The Morgan fingerprint density at radius 1 is 1.36 bits per heavy atom. The van der Waals surface area contributed by atoms with Crippen molar-refractivity contribution in [2.45, 2.75) is 0 Å². The lowest BCUT2D eigenvalue weighted by molar-refractivity contribution is -0.255. The van der Waals surface area contributed by atoms with Gasteiger partial charge in [-0.3, -0.25) is 0 Å². The van der Waals surface area contributed by atoms with Crippen LogP contribution >= 0.6 is 23.2 Å². The number of carbonyl (C=O) groups excluding carboxylic acids is 1. The highest BCUT2D eigenvalue weighted by Gasteiger charge is 2.00. The van der Waals surface area contributed by atoms with Crippen LogP contribution in [0.25, 0.3) is 0 Å². The number of carboxylic acid groups (broad SMARTS) is 1. The number of hydrogen-bond acceptors (Lipinski definition) is 2. The Balaban J connectivity index is 3.20. The molecule has 2 nitrogen and oxygen atoms in total. The summed E-state index contributed by atoms with van der Waals surface area (Å²) in [5, 5.41) is 10.8. The Labute approximate surface area is 73.4 Å². The molecule has 0 amide bonds. The van der Waals surface area contributed by atoms with E-state index in [1.165, 1.54) is 18.2 Å². The molecule has 1 rings (SSSR count). The van der Waals surface area contributed by atoms with Crippen LogP contribution in [0.4, 0.5) is 0 Å². The van der Waals surface area contributed by atoms with E-state index >= 15 is 0 Å². The Morgan fingerprint density at radius 2 is 2.00 bits per heavy atom. The zero-order valence-corrected chi connectivity index (χ0v) is 6.82. The summed E-state index contributed by atoms with van der Waals surface area (Å²) in [7, 11) is 0. The number of aromatic carboxylic acids is 1. The molecule has 0 saturated carbocycles. The maximum absolute atomic E-state index is 10.3. The lowest BCUT2D eigenvalue weighted by Gasteiger charge is -2.03. The van der Waals surface area contributed by atoms with Crippen molar-refractivity contribution in [2.24, 2.45) is 0 Å². The fraction of sp³-hybridized carbons (Fsp3) is 0. The van der Waals surface area contributed by atoms with Crippen LogP contribution in [-0.2, 0) is 0 Å². The average molecular weight is 190 g/mol. The van der Waals surface area contributed by atoms with Crippen molar-refractivity contribution < 1.29 is 9.90 Å². The SMILES string of the molecule is O=C([O-])c1ccc(Cl)cc1Cl. The molecule has 0 spiro atoms. The highest BCUT2D eigenvalue weighted by molar-refractivity contribution is 6.36. The van der Waals surface area contributed by atoms with Crippen LogP contribution in [0.3, 0.4) is 0 Å². The molecule has 4 heteroatoms. The van der Waals surface area contributed by atoms with Gasteiger partial charge < -0.3 is 9.90 Å². The van der Waals surface area contributed by atoms with Gasteiger partial charge in [-0.25, -0.2) is 0 Å². The van der Waals surface area contributed by atoms with Crippen molar-refractivity contribution in [2.75, 3.05) is 0 Å². The van der Waals surface area contributed by atoms with Gasteiger partial charge in [0.05, 0.1) is 11.0 Å². The molecule has 0 aliphatic rings.